The molecule has 0 aliphatic carbocycles. The van der Waals surface area contributed by atoms with Gasteiger partial charge in [-0.1, -0.05) is 12.1 Å². The van der Waals surface area contributed by atoms with Gasteiger partial charge in [-0.3, -0.25) is 4.79 Å². The van der Waals surface area contributed by atoms with E-state index in [1.807, 2.05) is 30.3 Å². The lowest BCUT2D eigenvalue weighted by molar-refractivity contribution is 0.101. The third-order valence-corrected chi connectivity index (χ3v) is 3.76. The number of piperidine rings is 1. The van der Waals surface area contributed by atoms with Crippen molar-refractivity contribution in [2.45, 2.75) is 19.3 Å². The van der Waals surface area contributed by atoms with Crippen molar-refractivity contribution in [1.82, 2.24) is 9.97 Å². The summed E-state index contributed by atoms with van der Waals surface area (Å²) in [4.78, 5) is 21.1. The maximum atomic E-state index is 12.2. The number of H-pyrrole nitrogens is 1. The molecule has 1 saturated heterocycles. The minimum Gasteiger partial charge on any atom is -0.370 e. The summed E-state index contributed by atoms with van der Waals surface area (Å²) in [6.07, 6.45) is 4.96. The molecule has 0 saturated carbocycles. The summed E-state index contributed by atoms with van der Waals surface area (Å²) in [5.41, 5.74) is 2.07. The Labute approximate surface area is 128 Å². The van der Waals surface area contributed by atoms with Crippen LogP contribution in [0.15, 0.2) is 30.5 Å². The second kappa shape index (κ2) is 6.31. The Morgan fingerprint density at radius 1 is 1.27 bits per heavy atom. The Morgan fingerprint density at radius 2 is 2.05 bits per heavy atom. The summed E-state index contributed by atoms with van der Waals surface area (Å²) in [6, 6.07) is 9.69. The minimum atomic E-state index is -0.342. The van der Waals surface area contributed by atoms with Crippen molar-refractivity contribution in [2.75, 3.05) is 23.3 Å². The molecule has 112 valence electrons. The van der Waals surface area contributed by atoms with E-state index in [1.54, 1.807) is 0 Å². The molecule has 2 N–H and O–H groups in total. The Morgan fingerprint density at radius 3 is 2.77 bits per heavy atom. The van der Waals surface area contributed by atoms with Crippen LogP contribution in [0.5, 0.6) is 0 Å². The van der Waals surface area contributed by atoms with Crippen molar-refractivity contribution < 1.29 is 4.79 Å². The highest BCUT2D eigenvalue weighted by Crippen LogP contribution is 2.28. The van der Waals surface area contributed by atoms with Crippen LogP contribution in [0.2, 0.25) is 0 Å². The van der Waals surface area contributed by atoms with Crippen LogP contribution in [-0.4, -0.2) is 29.0 Å². The number of carbonyl (C=O) groups is 1. The number of aromatic amines is 1. The lowest BCUT2D eigenvalue weighted by Crippen LogP contribution is -2.30. The SMILES string of the molecule is N#Cc1cnc(C(=O)Nc2ccccc2N2CCCCC2)[nH]1. The van der Waals surface area contributed by atoms with Crippen LogP contribution in [0.25, 0.3) is 0 Å². The predicted molar refractivity (Wildman–Crippen MR) is 83.8 cm³/mol. The average Bonchev–Trinajstić information content (AvgIpc) is 3.05. The van der Waals surface area contributed by atoms with Gasteiger partial charge in [0.25, 0.3) is 5.91 Å². The molecule has 0 unspecified atom stereocenters. The van der Waals surface area contributed by atoms with E-state index in [9.17, 15) is 4.79 Å². The van der Waals surface area contributed by atoms with Crippen LogP contribution in [0.4, 0.5) is 11.4 Å². The fourth-order valence-electron chi connectivity index (χ4n) is 2.66. The van der Waals surface area contributed by atoms with Gasteiger partial charge in [0.15, 0.2) is 5.82 Å². The molecule has 1 fully saturated rings. The number of nitriles is 1. The molecule has 1 aromatic carbocycles. The van der Waals surface area contributed by atoms with Crippen LogP contribution in [0.1, 0.15) is 35.6 Å². The molecular weight excluding hydrogens is 278 g/mol. The summed E-state index contributed by atoms with van der Waals surface area (Å²) in [6.45, 7) is 2.01. The van der Waals surface area contributed by atoms with Gasteiger partial charge in [0.1, 0.15) is 11.8 Å². The molecule has 1 aliphatic heterocycles. The first kappa shape index (κ1) is 14.1. The van der Waals surface area contributed by atoms with E-state index in [0.29, 0.717) is 0 Å². The molecule has 2 aromatic rings. The number of hydrogen-bond acceptors (Lipinski definition) is 4. The number of aromatic nitrogens is 2. The predicted octanol–water partition coefficient (Wildman–Crippen LogP) is 2.52. The maximum Gasteiger partial charge on any atom is 0.291 e. The molecular formula is C16H17N5O. The van der Waals surface area contributed by atoms with E-state index in [2.05, 4.69) is 20.2 Å². The fraction of sp³-hybridized carbons (Fsp3) is 0.312. The zero-order valence-corrected chi connectivity index (χ0v) is 12.2. The minimum absolute atomic E-state index is 0.144. The second-order valence-electron chi connectivity index (χ2n) is 5.28. The van der Waals surface area contributed by atoms with Crippen LogP contribution in [-0.2, 0) is 0 Å². The number of benzene rings is 1. The van der Waals surface area contributed by atoms with E-state index in [4.69, 9.17) is 5.26 Å². The molecule has 1 amide bonds. The number of hydrogen-bond donors (Lipinski definition) is 2. The third-order valence-electron chi connectivity index (χ3n) is 3.76. The van der Waals surface area contributed by atoms with Gasteiger partial charge < -0.3 is 15.2 Å². The van der Waals surface area contributed by atoms with Gasteiger partial charge in [-0.05, 0) is 31.4 Å². The second-order valence-corrected chi connectivity index (χ2v) is 5.28. The zero-order valence-electron chi connectivity index (χ0n) is 12.2. The number of para-hydroxylation sites is 2. The highest BCUT2D eigenvalue weighted by molar-refractivity contribution is 6.03. The normalized spacial score (nSPS) is 14.4. The molecule has 0 atom stereocenters. The fourth-order valence-corrected chi connectivity index (χ4v) is 2.66. The lowest BCUT2D eigenvalue weighted by Gasteiger charge is -2.30. The number of nitrogens with one attached hydrogen (secondary N) is 2. The van der Waals surface area contributed by atoms with E-state index in [0.717, 1.165) is 24.5 Å². The summed E-state index contributed by atoms with van der Waals surface area (Å²) >= 11 is 0. The highest BCUT2D eigenvalue weighted by atomic mass is 16.2. The van der Waals surface area contributed by atoms with Gasteiger partial charge in [-0.15, -0.1) is 0 Å². The number of nitrogens with zero attached hydrogens (tertiary/aromatic N) is 3. The van der Waals surface area contributed by atoms with E-state index in [-0.39, 0.29) is 17.4 Å². The van der Waals surface area contributed by atoms with Gasteiger partial charge in [0, 0.05) is 13.1 Å². The van der Waals surface area contributed by atoms with Crippen molar-refractivity contribution in [3.8, 4) is 6.07 Å². The maximum absolute atomic E-state index is 12.2. The topological polar surface area (TPSA) is 84.8 Å². The summed E-state index contributed by atoms with van der Waals surface area (Å²) in [7, 11) is 0. The zero-order chi connectivity index (χ0) is 15.4. The van der Waals surface area contributed by atoms with E-state index < -0.39 is 0 Å². The molecule has 0 radical (unpaired) electrons. The van der Waals surface area contributed by atoms with Crippen molar-refractivity contribution in [3.05, 3.63) is 42.0 Å². The van der Waals surface area contributed by atoms with Crippen molar-refractivity contribution in [1.29, 1.82) is 5.26 Å². The van der Waals surface area contributed by atoms with Gasteiger partial charge in [-0.25, -0.2) is 4.98 Å². The van der Waals surface area contributed by atoms with Crippen LogP contribution in [0, 0.1) is 11.3 Å². The molecule has 2 heterocycles. The molecule has 22 heavy (non-hydrogen) atoms. The van der Waals surface area contributed by atoms with Gasteiger partial charge >= 0.3 is 0 Å². The largest absolute Gasteiger partial charge is 0.370 e. The van der Waals surface area contributed by atoms with Crippen molar-refractivity contribution in [2.24, 2.45) is 0 Å². The average molecular weight is 295 g/mol. The monoisotopic (exact) mass is 295 g/mol. The Bertz CT molecular complexity index is 709. The summed E-state index contributed by atoms with van der Waals surface area (Å²) < 4.78 is 0. The van der Waals surface area contributed by atoms with Gasteiger partial charge in [0.05, 0.1) is 17.6 Å². The molecule has 1 aliphatic rings. The summed E-state index contributed by atoms with van der Waals surface area (Å²) in [5.74, 6) is -0.198. The van der Waals surface area contributed by atoms with Crippen LogP contribution >= 0.6 is 0 Å². The first-order chi connectivity index (χ1) is 10.8. The number of amides is 1. The molecule has 6 nitrogen and oxygen atoms in total. The third kappa shape index (κ3) is 2.93. The Hall–Kier alpha value is -2.81. The van der Waals surface area contributed by atoms with Gasteiger partial charge in [0.2, 0.25) is 0 Å². The van der Waals surface area contributed by atoms with Crippen molar-refractivity contribution >= 4 is 17.3 Å². The van der Waals surface area contributed by atoms with Crippen LogP contribution in [0.3, 0.4) is 0 Å². The van der Waals surface area contributed by atoms with Crippen LogP contribution < -0.4 is 10.2 Å². The number of imidazole rings is 1. The molecule has 6 heteroatoms. The summed E-state index contributed by atoms with van der Waals surface area (Å²) in [5, 5.41) is 11.7. The van der Waals surface area contributed by atoms with E-state index >= 15 is 0 Å². The van der Waals surface area contributed by atoms with E-state index in [1.165, 1.54) is 25.5 Å². The van der Waals surface area contributed by atoms with Crippen molar-refractivity contribution in [3.63, 3.8) is 0 Å². The first-order valence-corrected chi connectivity index (χ1v) is 7.38. The number of rotatable bonds is 3. The Balaban J connectivity index is 1.80. The standard InChI is InChI=1S/C16H17N5O/c17-10-12-11-18-15(19-12)16(22)20-13-6-2-3-7-14(13)21-8-4-1-5-9-21/h2-3,6-7,11H,1,4-5,8-9H2,(H,18,19)(H,20,22). The number of anilines is 2. The quantitative estimate of drug-likeness (QED) is 0.911. The highest BCUT2D eigenvalue weighted by Gasteiger charge is 2.17. The first-order valence-electron chi connectivity index (χ1n) is 7.38. The number of carbonyl (C=O) groups excluding carboxylic acids is 1. The lowest BCUT2D eigenvalue weighted by atomic mass is 10.1. The Kier molecular flexibility index (Phi) is 4.05. The van der Waals surface area contributed by atoms with Gasteiger partial charge in [-0.2, -0.15) is 5.26 Å². The molecule has 3 rings (SSSR count). The molecule has 0 bridgehead atoms. The smallest absolute Gasteiger partial charge is 0.291 e. The molecule has 0 spiro atoms. The molecule has 1 aromatic heterocycles.